The zero-order valence-electron chi connectivity index (χ0n) is 11.3. The highest BCUT2D eigenvalue weighted by Crippen LogP contribution is 2.19. The van der Waals surface area contributed by atoms with Gasteiger partial charge in [0, 0.05) is 19.2 Å². The van der Waals surface area contributed by atoms with Gasteiger partial charge in [-0.15, -0.1) is 12.4 Å². The number of carbonyl (C=O) groups excluding carboxylic acids is 1. The van der Waals surface area contributed by atoms with Crippen molar-refractivity contribution in [3.63, 3.8) is 0 Å². The Labute approximate surface area is 123 Å². The van der Waals surface area contributed by atoms with Crippen molar-refractivity contribution in [2.75, 3.05) is 26.7 Å². The number of amides is 1. The van der Waals surface area contributed by atoms with E-state index in [2.05, 4.69) is 10.3 Å². The number of rotatable bonds is 4. The van der Waals surface area contributed by atoms with Gasteiger partial charge in [0.1, 0.15) is 0 Å². The molecule has 1 fully saturated rings. The molecule has 1 atom stereocenters. The lowest BCUT2D eigenvalue weighted by Crippen LogP contribution is -2.42. The molecule has 1 aliphatic heterocycles. The third-order valence-electron chi connectivity index (χ3n) is 3.40. The maximum atomic E-state index is 12.2. The summed E-state index contributed by atoms with van der Waals surface area (Å²) in [7, 11) is 1.90. The maximum Gasteiger partial charge on any atom is 0.321 e. The van der Waals surface area contributed by atoms with Crippen LogP contribution in [0.3, 0.4) is 0 Å². The number of likely N-dealkylation sites (tertiary alicyclic amines) is 1. The van der Waals surface area contributed by atoms with Crippen LogP contribution < -0.4 is 5.32 Å². The molecule has 2 N–H and O–H groups in total. The van der Waals surface area contributed by atoms with E-state index in [1.807, 2.05) is 7.05 Å². The summed E-state index contributed by atoms with van der Waals surface area (Å²) < 4.78 is 0. The standard InChI is InChI=1S/C12H18N4O3.ClH/c1-13-7-9-3-2-6-15(8-9)12(17)10-4-5-11(14-10)16(18)19;/h4-5,9,13-14H,2-3,6-8H2,1H3;1H. The number of nitrogens with zero attached hydrogens (tertiary/aromatic N) is 2. The molecule has 0 aliphatic carbocycles. The van der Waals surface area contributed by atoms with Crippen LogP contribution in [0, 0.1) is 16.0 Å². The van der Waals surface area contributed by atoms with Gasteiger partial charge in [0.25, 0.3) is 5.91 Å². The summed E-state index contributed by atoms with van der Waals surface area (Å²) in [5.41, 5.74) is 0.289. The summed E-state index contributed by atoms with van der Waals surface area (Å²) in [5, 5.41) is 13.7. The summed E-state index contributed by atoms with van der Waals surface area (Å²) in [5.74, 6) is 0.147. The van der Waals surface area contributed by atoms with E-state index < -0.39 is 4.92 Å². The van der Waals surface area contributed by atoms with E-state index in [0.29, 0.717) is 19.0 Å². The Morgan fingerprint density at radius 2 is 2.35 bits per heavy atom. The summed E-state index contributed by atoms with van der Waals surface area (Å²) in [6.45, 7) is 2.30. The van der Waals surface area contributed by atoms with E-state index in [1.165, 1.54) is 12.1 Å². The highest BCUT2D eigenvalue weighted by molar-refractivity contribution is 5.93. The van der Waals surface area contributed by atoms with Gasteiger partial charge in [-0.2, -0.15) is 0 Å². The number of hydrogen-bond donors (Lipinski definition) is 2. The van der Waals surface area contributed by atoms with Crippen molar-refractivity contribution in [3.05, 3.63) is 27.9 Å². The van der Waals surface area contributed by atoms with Crippen LogP contribution >= 0.6 is 12.4 Å². The second-order valence-electron chi connectivity index (χ2n) is 4.83. The third-order valence-corrected chi connectivity index (χ3v) is 3.40. The summed E-state index contributed by atoms with van der Waals surface area (Å²) in [6, 6.07) is 2.80. The van der Waals surface area contributed by atoms with Gasteiger partial charge in [-0.3, -0.25) is 4.79 Å². The van der Waals surface area contributed by atoms with Crippen molar-refractivity contribution in [2.45, 2.75) is 12.8 Å². The van der Waals surface area contributed by atoms with E-state index >= 15 is 0 Å². The largest absolute Gasteiger partial charge is 0.358 e. The Balaban J connectivity index is 0.00000200. The first-order chi connectivity index (χ1) is 9.11. The molecular formula is C12H19ClN4O3. The summed E-state index contributed by atoms with van der Waals surface area (Å²) in [6.07, 6.45) is 2.08. The number of carbonyl (C=O) groups is 1. The fraction of sp³-hybridized carbons (Fsp3) is 0.583. The van der Waals surface area contributed by atoms with Gasteiger partial charge in [-0.1, -0.05) is 0 Å². The van der Waals surface area contributed by atoms with Gasteiger partial charge in [-0.25, -0.2) is 4.98 Å². The smallest absolute Gasteiger partial charge is 0.321 e. The van der Waals surface area contributed by atoms with Gasteiger partial charge in [0.15, 0.2) is 5.69 Å². The molecule has 0 bridgehead atoms. The minimum absolute atomic E-state index is 0. The molecule has 1 aromatic rings. The molecule has 0 saturated carbocycles. The average Bonchev–Trinajstić information content (AvgIpc) is 2.88. The van der Waals surface area contributed by atoms with Crippen LogP contribution in [0.25, 0.3) is 0 Å². The van der Waals surface area contributed by atoms with Crippen molar-refractivity contribution in [3.8, 4) is 0 Å². The molecule has 1 amide bonds. The molecule has 1 saturated heterocycles. The number of hydrogen-bond acceptors (Lipinski definition) is 4. The zero-order chi connectivity index (χ0) is 13.8. The van der Waals surface area contributed by atoms with Crippen LogP contribution in [0.2, 0.25) is 0 Å². The Morgan fingerprint density at radius 1 is 1.60 bits per heavy atom. The molecule has 2 rings (SSSR count). The van der Waals surface area contributed by atoms with Crippen LogP contribution in [0.1, 0.15) is 23.3 Å². The molecule has 8 heteroatoms. The van der Waals surface area contributed by atoms with Crippen LogP contribution in [-0.4, -0.2) is 47.4 Å². The number of piperidine rings is 1. The molecule has 1 aliphatic rings. The van der Waals surface area contributed by atoms with Crippen molar-refractivity contribution in [1.29, 1.82) is 0 Å². The van der Waals surface area contributed by atoms with Gasteiger partial charge in [0.2, 0.25) is 0 Å². The first kappa shape index (κ1) is 16.5. The van der Waals surface area contributed by atoms with Crippen LogP contribution in [0.15, 0.2) is 12.1 Å². The lowest BCUT2D eigenvalue weighted by molar-refractivity contribution is -0.389. The quantitative estimate of drug-likeness (QED) is 0.650. The highest BCUT2D eigenvalue weighted by atomic mass is 35.5. The first-order valence-corrected chi connectivity index (χ1v) is 6.39. The van der Waals surface area contributed by atoms with E-state index in [-0.39, 0.29) is 29.8 Å². The van der Waals surface area contributed by atoms with Crippen molar-refractivity contribution in [1.82, 2.24) is 15.2 Å². The number of nitro groups is 1. The Morgan fingerprint density at radius 3 is 2.95 bits per heavy atom. The predicted octanol–water partition coefficient (Wildman–Crippen LogP) is 1.42. The lowest BCUT2D eigenvalue weighted by Gasteiger charge is -2.31. The Kier molecular flexibility index (Phi) is 5.97. The maximum absolute atomic E-state index is 12.2. The molecule has 0 radical (unpaired) electrons. The third kappa shape index (κ3) is 3.71. The zero-order valence-corrected chi connectivity index (χ0v) is 12.1. The van der Waals surface area contributed by atoms with Gasteiger partial charge >= 0.3 is 5.82 Å². The Hall–Kier alpha value is -1.60. The summed E-state index contributed by atoms with van der Waals surface area (Å²) in [4.78, 5) is 26.6. The topological polar surface area (TPSA) is 91.3 Å². The first-order valence-electron chi connectivity index (χ1n) is 6.39. The number of H-pyrrole nitrogens is 1. The van der Waals surface area contributed by atoms with Crippen LogP contribution in [0.4, 0.5) is 5.82 Å². The van der Waals surface area contributed by atoms with E-state index in [1.54, 1.807) is 4.90 Å². The normalized spacial score (nSPS) is 18.4. The highest BCUT2D eigenvalue weighted by Gasteiger charge is 2.26. The predicted molar refractivity (Wildman–Crippen MR) is 77.2 cm³/mol. The molecule has 0 spiro atoms. The van der Waals surface area contributed by atoms with E-state index in [4.69, 9.17) is 0 Å². The Bertz CT molecular complexity index is 475. The number of halogens is 1. The second-order valence-corrected chi connectivity index (χ2v) is 4.83. The average molecular weight is 303 g/mol. The molecule has 7 nitrogen and oxygen atoms in total. The van der Waals surface area contributed by atoms with E-state index in [9.17, 15) is 14.9 Å². The molecule has 20 heavy (non-hydrogen) atoms. The molecule has 1 unspecified atom stereocenters. The monoisotopic (exact) mass is 302 g/mol. The fourth-order valence-corrected chi connectivity index (χ4v) is 2.49. The van der Waals surface area contributed by atoms with E-state index in [0.717, 1.165) is 19.4 Å². The van der Waals surface area contributed by atoms with Gasteiger partial charge < -0.3 is 20.3 Å². The minimum Gasteiger partial charge on any atom is -0.358 e. The second kappa shape index (κ2) is 7.25. The number of aromatic nitrogens is 1. The molecule has 112 valence electrons. The SMILES string of the molecule is CNCC1CCCN(C(=O)c2ccc([N+](=O)[O-])[nH]2)C1.Cl. The fourth-order valence-electron chi connectivity index (χ4n) is 2.49. The van der Waals surface area contributed by atoms with Crippen LogP contribution in [0.5, 0.6) is 0 Å². The molecule has 2 heterocycles. The molecule has 0 aromatic carbocycles. The van der Waals surface area contributed by atoms with Gasteiger partial charge in [0.05, 0.1) is 0 Å². The van der Waals surface area contributed by atoms with Crippen molar-refractivity contribution < 1.29 is 9.72 Å². The van der Waals surface area contributed by atoms with Gasteiger partial charge in [-0.05, 0) is 43.3 Å². The number of nitrogens with one attached hydrogen (secondary N) is 2. The van der Waals surface area contributed by atoms with Crippen LogP contribution in [-0.2, 0) is 0 Å². The number of aromatic amines is 1. The lowest BCUT2D eigenvalue weighted by atomic mass is 9.98. The summed E-state index contributed by atoms with van der Waals surface area (Å²) >= 11 is 0. The molecular weight excluding hydrogens is 284 g/mol. The molecule has 1 aromatic heterocycles. The van der Waals surface area contributed by atoms with Crippen molar-refractivity contribution in [2.24, 2.45) is 5.92 Å². The minimum atomic E-state index is -0.531. The van der Waals surface area contributed by atoms with Crippen molar-refractivity contribution >= 4 is 24.1 Å².